The van der Waals surface area contributed by atoms with Gasteiger partial charge in [0.1, 0.15) is 0 Å². The Balaban J connectivity index is 1.11. The number of hydrogen-bond donors (Lipinski definition) is 1. The molecule has 1 aliphatic heterocycles. The van der Waals surface area contributed by atoms with Crippen LogP contribution in [0.2, 0.25) is 0 Å². The molecule has 4 rings (SSSR count). The SMILES string of the molecule is O=C(NCCC(=O)N1CCN(CCCc2nc(-c3cccs3)no2)CC1)c1cccs1. The Morgan fingerprint density at radius 1 is 1.10 bits per heavy atom. The number of rotatable bonds is 9. The molecule has 1 N–H and O–H groups in total. The highest BCUT2D eigenvalue weighted by Crippen LogP contribution is 2.21. The molecule has 10 heteroatoms. The van der Waals surface area contributed by atoms with E-state index in [0.29, 0.717) is 29.6 Å². The van der Waals surface area contributed by atoms with Gasteiger partial charge in [0.15, 0.2) is 0 Å². The van der Waals surface area contributed by atoms with E-state index < -0.39 is 0 Å². The second kappa shape index (κ2) is 10.7. The van der Waals surface area contributed by atoms with Crippen LogP contribution in [0.25, 0.3) is 10.7 Å². The van der Waals surface area contributed by atoms with Crippen molar-refractivity contribution in [3.63, 3.8) is 0 Å². The van der Waals surface area contributed by atoms with Crippen molar-refractivity contribution in [1.82, 2.24) is 25.3 Å². The summed E-state index contributed by atoms with van der Waals surface area (Å²) in [7, 11) is 0. The average Bonchev–Trinajstić information content (AvgIpc) is 3.56. The maximum absolute atomic E-state index is 12.4. The lowest BCUT2D eigenvalue weighted by molar-refractivity contribution is -0.132. The molecule has 0 unspecified atom stereocenters. The molecule has 3 aromatic heterocycles. The maximum Gasteiger partial charge on any atom is 0.261 e. The molecule has 0 spiro atoms. The predicted molar refractivity (Wildman–Crippen MR) is 120 cm³/mol. The van der Waals surface area contributed by atoms with Gasteiger partial charge in [-0.1, -0.05) is 17.3 Å². The molecule has 0 bridgehead atoms. The topological polar surface area (TPSA) is 91.6 Å². The number of aromatic nitrogens is 2. The Morgan fingerprint density at radius 3 is 2.65 bits per heavy atom. The number of aryl methyl sites for hydroxylation is 1. The average molecular weight is 460 g/mol. The minimum Gasteiger partial charge on any atom is -0.351 e. The highest BCUT2D eigenvalue weighted by molar-refractivity contribution is 7.13. The van der Waals surface area contributed by atoms with Crippen LogP contribution >= 0.6 is 22.7 Å². The Morgan fingerprint density at radius 2 is 1.90 bits per heavy atom. The van der Waals surface area contributed by atoms with Crippen molar-refractivity contribution in [2.45, 2.75) is 19.3 Å². The van der Waals surface area contributed by atoms with Gasteiger partial charge >= 0.3 is 0 Å². The van der Waals surface area contributed by atoms with Crippen molar-refractivity contribution < 1.29 is 14.1 Å². The first kappa shape index (κ1) is 21.7. The molecule has 2 amide bonds. The van der Waals surface area contributed by atoms with Crippen LogP contribution in [0.15, 0.2) is 39.5 Å². The number of nitrogens with one attached hydrogen (secondary N) is 1. The Bertz CT molecular complexity index is 963. The van der Waals surface area contributed by atoms with Gasteiger partial charge in [-0.25, -0.2) is 0 Å². The van der Waals surface area contributed by atoms with Gasteiger partial charge in [-0.3, -0.25) is 14.5 Å². The summed E-state index contributed by atoms with van der Waals surface area (Å²) < 4.78 is 5.35. The summed E-state index contributed by atoms with van der Waals surface area (Å²) in [4.78, 5) is 34.7. The van der Waals surface area contributed by atoms with Crippen molar-refractivity contribution in [3.8, 4) is 10.7 Å². The molecule has 0 radical (unpaired) electrons. The third-order valence-electron chi connectivity index (χ3n) is 5.17. The van der Waals surface area contributed by atoms with E-state index in [9.17, 15) is 9.59 Å². The number of nitrogens with zero attached hydrogens (tertiary/aromatic N) is 4. The third-order valence-corrected chi connectivity index (χ3v) is 6.90. The number of thiophene rings is 2. The van der Waals surface area contributed by atoms with E-state index in [0.717, 1.165) is 50.4 Å². The Kier molecular flexibility index (Phi) is 7.44. The monoisotopic (exact) mass is 459 g/mol. The van der Waals surface area contributed by atoms with E-state index in [-0.39, 0.29) is 11.8 Å². The van der Waals surface area contributed by atoms with E-state index in [1.807, 2.05) is 33.9 Å². The largest absolute Gasteiger partial charge is 0.351 e. The molecule has 8 nitrogen and oxygen atoms in total. The first-order valence-corrected chi connectivity index (χ1v) is 12.1. The van der Waals surface area contributed by atoms with Crippen molar-refractivity contribution in [1.29, 1.82) is 0 Å². The second-order valence-electron chi connectivity index (χ2n) is 7.30. The summed E-state index contributed by atoms with van der Waals surface area (Å²) in [6, 6.07) is 7.58. The number of carbonyl (C=O) groups excluding carboxylic acids is 2. The van der Waals surface area contributed by atoms with Crippen LogP contribution in [0, 0.1) is 0 Å². The molecule has 3 aromatic rings. The predicted octanol–water partition coefficient (Wildman–Crippen LogP) is 2.76. The summed E-state index contributed by atoms with van der Waals surface area (Å²) in [6.07, 6.45) is 2.02. The first-order chi connectivity index (χ1) is 15.2. The molecule has 1 aliphatic rings. The minimum absolute atomic E-state index is 0.0955. The highest BCUT2D eigenvalue weighted by Gasteiger charge is 2.21. The van der Waals surface area contributed by atoms with E-state index in [4.69, 9.17) is 4.52 Å². The van der Waals surface area contributed by atoms with Crippen LogP contribution in [0.4, 0.5) is 0 Å². The summed E-state index contributed by atoms with van der Waals surface area (Å²) in [5.74, 6) is 1.31. The molecule has 0 aliphatic carbocycles. The third kappa shape index (κ3) is 5.99. The lowest BCUT2D eigenvalue weighted by atomic mass is 10.2. The van der Waals surface area contributed by atoms with Gasteiger partial charge in [-0.05, 0) is 35.9 Å². The molecule has 164 valence electrons. The van der Waals surface area contributed by atoms with Crippen LogP contribution < -0.4 is 5.32 Å². The fourth-order valence-corrected chi connectivity index (χ4v) is 4.76. The molecular weight excluding hydrogens is 434 g/mol. The van der Waals surface area contributed by atoms with Gasteiger partial charge in [-0.15, -0.1) is 22.7 Å². The first-order valence-electron chi connectivity index (χ1n) is 10.4. The van der Waals surface area contributed by atoms with Crippen molar-refractivity contribution in [3.05, 3.63) is 45.8 Å². The van der Waals surface area contributed by atoms with E-state index in [1.165, 1.54) is 11.3 Å². The molecule has 0 atom stereocenters. The van der Waals surface area contributed by atoms with Gasteiger partial charge in [-0.2, -0.15) is 4.98 Å². The molecule has 1 fully saturated rings. The van der Waals surface area contributed by atoms with Gasteiger partial charge < -0.3 is 14.7 Å². The van der Waals surface area contributed by atoms with Crippen LogP contribution in [-0.4, -0.2) is 71.0 Å². The van der Waals surface area contributed by atoms with E-state index in [2.05, 4.69) is 20.4 Å². The zero-order valence-electron chi connectivity index (χ0n) is 17.2. The van der Waals surface area contributed by atoms with Crippen molar-refractivity contribution >= 4 is 34.5 Å². The van der Waals surface area contributed by atoms with Crippen LogP contribution in [0.5, 0.6) is 0 Å². The molecular formula is C21H25N5O3S2. The van der Waals surface area contributed by atoms with Gasteiger partial charge in [0, 0.05) is 45.6 Å². The minimum atomic E-state index is -0.114. The fraction of sp³-hybridized carbons (Fsp3) is 0.429. The van der Waals surface area contributed by atoms with Crippen LogP contribution in [0.1, 0.15) is 28.4 Å². The summed E-state index contributed by atoms with van der Waals surface area (Å²) >= 11 is 3.00. The highest BCUT2D eigenvalue weighted by atomic mass is 32.1. The maximum atomic E-state index is 12.4. The van der Waals surface area contributed by atoms with E-state index in [1.54, 1.807) is 17.4 Å². The Hall–Kier alpha value is -2.56. The molecule has 1 saturated heterocycles. The van der Waals surface area contributed by atoms with Crippen molar-refractivity contribution in [2.75, 3.05) is 39.3 Å². The molecule has 4 heterocycles. The molecule has 0 saturated carbocycles. The van der Waals surface area contributed by atoms with Crippen LogP contribution in [0.3, 0.4) is 0 Å². The number of piperazine rings is 1. The molecule has 0 aromatic carbocycles. The number of hydrogen-bond acceptors (Lipinski definition) is 8. The van der Waals surface area contributed by atoms with Gasteiger partial charge in [0.25, 0.3) is 5.91 Å². The van der Waals surface area contributed by atoms with E-state index >= 15 is 0 Å². The zero-order valence-corrected chi connectivity index (χ0v) is 18.8. The summed E-state index contributed by atoms with van der Waals surface area (Å²) in [5.41, 5.74) is 0. The number of amides is 2. The quantitative estimate of drug-likeness (QED) is 0.529. The standard InChI is InChI=1S/C21H25N5O3S2/c27-19(7-8-22-21(28)17-5-3-15-31-17)26-12-10-25(11-13-26)9-1-6-18-23-20(24-29-18)16-4-2-14-30-16/h2-5,14-15H,1,6-13H2,(H,22,28). The fourth-order valence-electron chi connectivity index (χ4n) is 3.47. The second-order valence-corrected chi connectivity index (χ2v) is 9.19. The normalized spacial score (nSPS) is 14.6. The Labute approximate surface area is 188 Å². The van der Waals surface area contributed by atoms with Crippen molar-refractivity contribution in [2.24, 2.45) is 0 Å². The summed E-state index contributed by atoms with van der Waals surface area (Å²) in [5, 5.41) is 10.7. The lowest BCUT2D eigenvalue weighted by Gasteiger charge is -2.34. The smallest absolute Gasteiger partial charge is 0.261 e. The molecule has 31 heavy (non-hydrogen) atoms. The lowest BCUT2D eigenvalue weighted by Crippen LogP contribution is -2.49. The van der Waals surface area contributed by atoms with Gasteiger partial charge in [0.2, 0.25) is 17.6 Å². The summed E-state index contributed by atoms with van der Waals surface area (Å²) in [6.45, 7) is 4.47. The zero-order chi connectivity index (χ0) is 21.5. The van der Waals surface area contributed by atoms with Gasteiger partial charge in [0.05, 0.1) is 9.75 Å². The number of carbonyl (C=O) groups is 2. The van der Waals surface area contributed by atoms with Crippen LogP contribution in [-0.2, 0) is 11.2 Å².